The van der Waals surface area contributed by atoms with Gasteiger partial charge in [-0.05, 0) is 25.8 Å². The van der Waals surface area contributed by atoms with Gasteiger partial charge >= 0.3 is 0 Å². The molecular weight excluding hydrogens is 224 g/mol. The number of hydrogen-bond acceptors (Lipinski definition) is 3. The molecule has 0 bridgehead atoms. The lowest BCUT2D eigenvalue weighted by Crippen LogP contribution is -2.36. The van der Waals surface area contributed by atoms with Gasteiger partial charge < -0.3 is 15.4 Å². The molecule has 0 aliphatic heterocycles. The maximum Gasteiger partial charge on any atom is 0.122 e. The van der Waals surface area contributed by atoms with E-state index in [1.54, 1.807) is 7.11 Å². The first-order valence-electron chi connectivity index (χ1n) is 6.95. The van der Waals surface area contributed by atoms with Gasteiger partial charge in [0.1, 0.15) is 5.75 Å². The van der Waals surface area contributed by atoms with E-state index in [9.17, 15) is 0 Å². The highest BCUT2D eigenvalue weighted by Crippen LogP contribution is 2.31. The summed E-state index contributed by atoms with van der Waals surface area (Å²) in [5, 5.41) is 0. The van der Waals surface area contributed by atoms with Gasteiger partial charge in [-0.15, -0.1) is 0 Å². The van der Waals surface area contributed by atoms with Crippen molar-refractivity contribution in [2.45, 2.75) is 45.1 Å². The molecule has 1 aliphatic rings. The molecule has 1 saturated carbocycles. The number of rotatable bonds is 4. The van der Waals surface area contributed by atoms with E-state index in [4.69, 9.17) is 10.5 Å². The van der Waals surface area contributed by atoms with Crippen molar-refractivity contribution in [3.05, 3.63) is 18.2 Å². The molecule has 3 nitrogen and oxygen atoms in total. The van der Waals surface area contributed by atoms with Crippen LogP contribution in [0.2, 0.25) is 0 Å². The van der Waals surface area contributed by atoms with Gasteiger partial charge in [0, 0.05) is 36.1 Å². The quantitative estimate of drug-likeness (QED) is 0.830. The van der Waals surface area contributed by atoms with Gasteiger partial charge in [0.15, 0.2) is 0 Å². The fourth-order valence-electron chi connectivity index (χ4n) is 2.93. The largest absolute Gasteiger partial charge is 0.497 e. The molecule has 1 fully saturated rings. The first-order valence-corrected chi connectivity index (χ1v) is 6.95. The second-order valence-electron chi connectivity index (χ2n) is 5.04. The molecule has 0 unspecified atom stereocenters. The molecule has 0 saturated heterocycles. The lowest BCUT2D eigenvalue weighted by Gasteiger charge is -2.35. The molecule has 1 aromatic carbocycles. The van der Waals surface area contributed by atoms with E-state index >= 15 is 0 Å². The Morgan fingerprint density at radius 3 is 2.56 bits per heavy atom. The van der Waals surface area contributed by atoms with Crippen molar-refractivity contribution >= 4 is 11.4 Å². The lowest BCUT2D eigenvalue weighted by molar-refractivity contribution is 0.410. The number of anilines is 2. The summed E-state index contributed by atoms with van der Waals surface area (Å²) >= 11 is 0. The van der Waals surface area contributed by atoms with E-state index in [1.165, 1.54) is 37.8 Å². The average Bonchev–Trinajstić information content (AvgIpc) is 2.40. The molecule has 0 radical (unpaired) electrons. The zero-order valence-corrected chi connectivity index (χ0v) is 11.5. The van der Waals surface area contributed by atoms with Crippen molar-refractivity contribution < 1.29 is 4.74 Å². The van der Waals surface area contributed by atoms with Gasteiger partial charge in [-0.2, -0.15) is 0 Å². The minimum absolute atomic E-state index is 0.662. The zero-order valence-electron chi connectivity index (χ0n) is 11.5. The standard InChI is InChI=1S/C15H24N2O/c1-3-17(13-7-5-4-6-8-13)14-9-12(16)10-15(11-14)18-2/h9-11,13H,3-8,16H2,1-2H3. The van der Waals surface area contributed by atoms with Gasteiger partial charge in [0.25, 0.3) is 0 Å². The Morgan fingerprint density at radius 1 is 1.22 bits per heavy atom. The van der Waals surface area contributed by atoms with Crippen LogP contribution in [0.15, 0.2) is 18.2 Å². The average molecular weight is 248 g/mol. The van der Waals surface area contributed by atoms with Crippen LogP contribution in [0.3, 0.4) is 0 Å². The molecule has 0 aromatic heterocycles. The lowest BCUT2D eigenvalue weighted by atomic mass is 9.93. The Bertz CT molecular complexity index is 386. The molecule has 1 aromatic rings. The van der Waals surface area contributed by atoms with Crippen LogP contribution in [-0.4, -0.2) is 19.7 Å². The molecule has 2 N–H and O–H groups in total. The summed E-state index contributed by atoms with van der Waals surface area (Å²) in [7, 11) is 1.69. The molecule has 1 aliphatic carbocycles. The Balaban J connectivity index is 2.22. The van der Waals surface area contributed by atoms with E-state index in [-0.39, 0.29) is 0 Å². The van der Waals surface area contributed by atoms with Gasteiger partial charge in [0.2, 0.25) is 0 Å². The SMILES string of the molecule is CCN(c1cc(N)cc(OC)c1)C1CCCCC1. The number of hydrogen-bond donors (Lipinski definition) is 1. The molecule has 3 heteroatoms. The maximum atomic E-state index is 5.95. The highest BCUT2D eigenvalue weighted by molar-refractivity contribution is 5.61. The topological polar surface area (TPSA) is 38.5 Å². The van der Waals surface area contributed by atoms with Crippen LogP contribution in [0.25, 0.3) is 0 Å². The number of nitrogen functional groups attached to an aromatic ring is 1. The molecule has 0 spiro atoms. The molecule has 0 heterocycles. The van der Waals surface area contributed by atoms with Crippen LogP contribution in [0.4, 0.5) is 11.4 Å². The summed E-state index contributed by atoms with van der Waals surface area (Å²) in [5.74, 6) is 0.847. The van der Waals surface area contributed by atoms with Crippen LogP contribution < -0.4 is 15.4 Å². The molecule has 0 amide bonds. The van der Waals surface area contributed by atoms with Gasteiger partial charge in [-0.1, -0.05) is 19.3 Å². The predicted molar refractivity (Wildman–Crippen MR) is 77.3 cm³/mol. The van der Waals surface area contributed by atoms with E-state index in [2.05, 4.69) is 24.0 Å². The third-order valence-electron chi connectivity index (χ3n) is 3.84. The Kier molecular flexibility index (Phi) is 4.34. The number of benzene rings is 1. The summed E-state index contributed by atoms with van der Waals surface area (Å²) < 4.78 is 5.31. The summed E-state index contributed by atoms with van der Waals surface area (Å²) in [5.41, 5.74) is 7.92. The summed E-state index contributed by atoms with van der Waals surface area (Å²) in [6, 6.07) is 6.68. The monoisotopic (exact) mass is 248 g/mol. The third-order valence-corrected chi connectivity index (χ3v) is 3.84. The van der Waals surface area contributed by atoms with E-state index < -0.39 is 0 Å². The van der Waals surface area contributed by atoms with Crippen molar-refractivity contribution in [1.82, 2.24) is 0 Å². The smallest absolute Gasteiger partial charge is 0.122 e. The number of nitrogens with zero attached hydrogens (tertiary/aromatic N) is 1. The Morgan fingerprint density at radius 2 is 1.94 bits per heavy atom. The zero-order chi connectivity index (χ0) is 13.0. The number of nitrogens with two attached hydrogens (primary N) is 1. The van der Waals surface area contributed by atoms with Crippen LogP contribution in [0.1, 0.15) is 39.0 Å². The predicted octanol–water partition coefficient (Wildman–Crippen LogP) is 3.44. The summed E-state index contributed by atoms with van der Waals surface area (Å²) in [6.07, 6.45) is 6.67. The summed E-state index contributed by atoms with van der Waals surface area (Å²) in [6.45, 7) is 3.24. The van der Waals surface area contributed by atoms with Crippen LogP contribution >= 0.6 is 0 Å². The first kappa shape index (κ1) is 13.1. The third kappa shape index (κ3) is 2.89. The van der Waals surface area contributed by atoms with Crippen LogP contribution in [0.5, 0.6) is 5.75 Å². The van der Waals surface area contributed by atoms with Crippen molar-refractivity contribution in [2.24, 2.45) is 0 Å². The van der Waals surface area contributed by atoms with Crippen LogP contribution in [-0.2, 0) is 0 Å². The van der Waals surface area contributed by atoms with Gasteiger partial charge in [-0.25, -0.2) is 0 Å². The minimum atomic E-state index is 0.662. The second-order valence-corrected chi connectivity index (χ2v) is 5.04. The van der Waals surface area contributed by atoms with Crippen LogP contribution in [0, 0.1) is 0 Å². The van der Waals surface area contributed by atoms with E-state index in [0.717, 1.165) is 18.0 Å². The molecular formula is C15H24N2O. The minimum Gasteiger partial charge on any atom is -0.497 e. The fourth-order valence-corrected chi connectivity index (χ4v) is 2.93. The number of ether oxygens (including phenoxy) is 1. The second kappa shape index (κ2) is 5.98. The van der Waals surface area contributed by atoms with Gasteiger partial charge in [-0.3, -0.25) is 0 Å². The molecule has 100 valence electrons. The van der Waals surface area contributed by atoms with Crippen molar-refractivity contribution in [3.8, 4) is 5.75 Å². The molecule has 2 rings (SSSR count). The fraction of sp³-hybridized carbons (Fsp3) is 0.600. The molecule has 18 heavy (non-hydrogen) atoms. The van der Waals surface area contributed by atoms with E-state index in [0.29, 0.717) is 6.04 Å². The highest BCUT2D eigenvalue weighted by atomic mass is 16.5. The number of methoxy groups -OCH3 is 1. The van der Waals surface area contributed by atoms with E-state index in [1.807, 2.05) is 6.07 Å². The summed E-state index contributed by atoms with van der Waals surface area (Å²) in [4.78, 5) is 2.47. The van der Waals surface area contributed by atoms with Crippen molar-refractivity contribution in [3.63, 3.8) is 0 Å². The van der Waals surface area contributed by atoms with Crippen molar-refractivity contribution in [2.75, 3.05) is 24.3 Å². The normalized spacial score (nSPS) is 16.6. The van der Waals surface area contributed by atoms with Crippen molar-refractivity contribution in [1.29, 1.82) is 0 Å². The first-order chi connectivity index (χ1) is 8.74. The maximum absolute atomic E-state index is 5.95. The Labute approximate surface area is 110 Å². The Hall–Kier alpha value is -1.38. The van der Waals surface area contributed by atoms with Gasteiger partial charge in [0.05, 0.1) is 7.11 Å². The highest BCUT2D eigenvalue weighted by Gasteiger charge is 2.20. The molecule has 0 atom stereocenters.